The van der Waals surface area contributed by atoms with Crippen LogP contribution in [-0.4, -0.2) is 50.2 Å². The van der Waals surface area contributed by atoms with E-state index in [2.05, 4.69) is 31.3 Å². The molecule has 2 aliphatic rings. The van der Waals surface area contributed by atoms with Gasteiger partial charge in [0.05, 0.1) is 12.6 Å². The molecule has 1 aromatic rings. The number of carbonyl (C=O) groups is 1. The summed E-state index contributed by atoms with van der Waals surface area (Å²) in [5.41, 5.74) is 4.62. The van der Waals surface area contributed by atoms with Crippen LogP contribution in [0.5, 0.6) is 0 Å². The summed E-state index contributed by atoms with van der Waals surface area (Å²) < 4.78 is 5.18. The lowest BCUT2D eigenvalue weighted by molar-refractivity contribution is 0.0570. The molecule has 1 fully saturated rings. The Morgan fingerprint density at radius 1 is 1.38 bits per heavy atom. The van der Waals surface area contributed by atoms with Crippen molar-refractivity contribution in [3.05, 3.63) is 34.4 Å². The van der Waals surface area contributed by atoms with Gasteiger partial charge < -0.3 is 15.0 Å². The van der Waals surface area contributed by atoms with Crippen molar-refractivity contribution in [2.24, 2.45) is 0 Å². The molecule has 0 spiro atoms. The van der Waals surface area contributed by atoms with E-state index in [9.17, 15) is 4.79 Å². The van der Waals surface area contributed by atoms with E-state index in [1.54, 1.807) is 7.11 Å². The first-order chi connectivity index (χ1) is 10.2. The number of amides is 1. The van der Waals surface area contributed by atoms with E-state index in [4.69, 9.17) is 4.74 Å². The number of hydrogen-bond donors (Lipinski definition) is 1. The molecule has 21 heavy (non-hydrogen) atoms. The van der Waals surface area contributed by atoms with E-state index < -0.39 is 0 Å². The van der Waals surface area contributed by atoms with Crippen molar-refractivity contribution in [3.63, 3.8) is 0 Å². The highest BCUT2D eigenvalue weighted by molar-refractivity contribution is 5.99. The van der Waals surface area contributed by atoms with Gasteiger partial charge >= 0.3 is 0 Å². The summed E-state index contributed by atoms with van der Waals surface area (Å²) >= 11 is 0. The fraction of sp³-hybridized carbons (Fsp3) is 0.588. The third-order valence-corrected chi connectivity index (χ3v) is 4.83. The van der Waals surface area contributed by atoms with Gasteiger partial charge in [-0.2, -0.15) is 0 Å². The molecule has 4 heteroatoms. The van der Waals surface area contributed by atoms with Crippen LogP contribution in [0.3, 0.4) is 0 Å². The number of carbonyl (C=O) groups excluding carboxylic acids is 1. The van der Waals surface area contributed by atoms with Crippen LogP contribution in [0.15, 0.2) is 12.1 Å². The second-order valence-electron chi connectivity index (χ2n) is 6.05. The van der Waals surface area contributed by atoms with Crippen LogP contribution in [0.2, 0.25) is 0 Å². The van der Waals surface area contributed by atoms with E-state index in [1.807, 2.05) is 4.90 Å². The summed E-state index contributed by atoms with van der Waals surface area (Å²) in [5, 5.41) is 3.45. The molecule has 114 valence electrons. The fourth-order valence-electron chi connectivity index (χ4n) is 3.74. The predicted molar refractivity (Wildman–Crippen MR) is 82.9 cm³/mol. The molecule has 3 rings (SSSR count). The lowest BCUT2D eigenvalue weighted by atomic mass is 9.81. The molecule has 4 nitrogen and oxygen atoms in total. The van der Waals surface area contributed by atoms with Crippen molar-refractivity contribution < 1.29 is 9.53 Å². The van der Waals surface area contributed by atoms with Crippen LogP contribution in [0.1, 0.15) is 39.9 Å². The number of rotatable bonds is 4. The van der Waals surface area contributed by atoms with Gasteiger partial charge in [0.15, 0.2) is 0 Å². The second kappa shape index (κ2) is 5.78. The minimum Gasteiger partial charge on any atom is -0.383 e. The summed E-state index contributed by atoms with van der Waals surface area (Å²) in [4.78, 5) is 14.9. The summed E-state index contributed by atoms with van der Waals surface area (Å²) in [6.07, 6.45) is 1.01. The maximum atomic E-state index is 12.9. The van der Waals surface area contributed by atoms with Gasteiger partial charge in [-0.05, 0) is 30.0 Å². The Balaban J connectivity index is 2.06. The van der Waals surface area contributed by atoms with Gasteiger partial charge in [-0.15, -0.1) is 0 Å². The largest absolute Gasteiger partial charge is 0.383 e. The maximum absolute atomic E-state index is 12.9. The van der Waals surface area contributed by atoms with Gasteiger partial charge in [-0.1, -0.05) is 19.1 Å². The molecular weight excluding hydrogens is 264 g/mol. The van der Waals surface area contributed by atoms with Crippen molar-refractivity contribution in [2.45, 2.75) is 32.2 Å². The standard InChI is InChI=1S/C17H24N2O2/c1-4-12-7-11(2)16-13(8-12)14-9-18-10-15(14)19(17(16)20)5-6-21-3/h7-8,14-15,18H,4-6,9-10H2,1-3H3/t14-,15+/m0/s1. The van der Waals surface area contributed by atoms with E-state index in [1.165, 1.54) is 11.1 Å². The molecule has 0 aromatic heterocycles. The first-order valence-corrected chi connectivity index (χ1v) is 7.81. The van der Waals surface area contributed by atoms with Gasteiger partial charge in [-0.3, -0.25) is 4.79 Å². The summed E-state index contributed by atoms with van der Waals surface area (Å²) in [7, 11) is 1.69. The molecule has 1 amide bonds. The number of nitrogens with zero attached hydrogens (tertiary/aromatic N) is 1. The summed E-state index contributed by atoms with van der Waals surface area (Å²) in [6.45, 7) is 7.34. The number of nitrogens with one attached hydrogen (secondary N) is 1. The van der Waals surface area contributed by atoms with Crippen LogP contribution in [0.25, 0.3) is 0 Å². The van der Waals surface area contributed by atoms with Crippen LogP contribution >= 0.6 is 0 Å². The monoisotopic (exact) mass is 288 g/mol. The van der Waals surface area contributed by atoms with Gasteiger partial charge in [0.2, 0.25) is 0 Å². The third kappa shape index (κ3) is 2.36. The second-order valence-corrected chi connectivity index (χ2v) is 6.05. The zero-order valence-electron chi connectivity index (χ0n) is 13.1. The minimum absolute atomic E-state index is 0.173. The van der Waals surface area contributed by atoms with E-state index in [0.717, 1.165) is 30.6 Å². The zero-order valence-corrected chi connectivity index (χ0v) is 13.1. The number of benzene rings is 1. The highest BCUT2D eigenvalue weighted by atomic mass is 16.5. The highest BCUT2D eigenvalue weighted by Gasteiger charge is 2.42. The highest BCUT2D eigenvalue weighted by Crippen LogP contribution is 2.37. The minimum atomic E-state index is 0.173. The summed E-state index contributed by atoms with van der Waals surface area (Å²) in [5.74, 6) is 0.590. The molecule has 0 aliphatic carbocycles. The van der Waals surface area contributed by atoms with Gasteiger partial charge in [0, 0.05) is 38.2 Å². The average molecular weight is 288 g/mol. The molecular formula is C17H24N2O2. The average Bonchev–Trinajstić information content (AvgIpc) is 2.95. The number of aryl methyl sites for hydroxylation is 2. The molecule has 1 aromatic carbocycles. The number of fused-ring (bicyclic) bond motifs is 3. The Kier molecular flexibility index (Phi) is 4.00. The van der Waals surface area contributed by atoms with Crippen molar-refractivity contribution in [1.82, 2.24) is 10.2 Å². The van der Waals surface area contributed by atoms with Crippen molar-refractivity contribution in [3.8, 4) is 0 Å². The third-order valence-electron chi connectivity index (χ3n) is 4.83. The van der Waals surface area contributed by atoms with E-state index in [-0.39, 0.29) is 11.9 Å². The van der Waals surface area contributed by atoms with Crippen LogP contribution in [0, 0.1) is 6.92 Å². The van der Waals surface area contributed by atoms with Crippen molar-refractivity contribution in [1.29, 1.82) is 0 Å². The van der Waals surface area contributed by atoms with Crippen LogP contribution in [0.4, 0.5) is 0 Å². The van der Waals surface area contributed by atoms with Crippen molar-refractivity contribution in [2.75, 3.05) is 33.4 Å². The zero-order chi connectivity index (χ0) is 15.0. The van der Waals surface area contributed by atoms with Crippen molar-refractivity contribution >= 4 is 5.91 Å². The Hall–Kier alpha value is -1.39. The Morgan fingerprint density at radius 2 is 2.19 bits per heavy atom. The molecule has 0 radical (unpaired) electrons. The normalized spacial score (nSPS) is 24.1. The molecule has 0 unspecified atom stereocenters. The van der Waals surface area contributed by atoms with Gasteiger partial charge in [0.25, 0.3) is 5.91 Å². The molecule has 2 aliphatic heterocycles. The molecule has 2 heterocycles. The first-order valence-electron chi connectivity index (χ1n) is 7.81. The lowest BCUT2D eigenvalue weighted by Crippen LogP contribution is -2.49. The maximum Gasteiger partial charge on any atom is 0.254 e. The molecule has 0 bridgehead atoms. The Bertz CT molecular complexity index is 556. The molecule has 1 saturated heterocycles. The SMILES string of the molecule is CCc1cc(C)c2c(c1)[C@@H]1CNC[C@H]1N(CCOC)C2=O. The smallest absolute Gasteiger partial charge is 0.254 e. The number of hydrogen-bond acceptors (Lipinski definition) is 3. The number of ether oxygens (including phenoxy) is 1. The topological polar surface area (TPSA) is 41.6 Å². The van der Waals surface area contributed by atoms with Gasteiger partial charge in [-0.25, -0.2) is 0 Å². The predicted octanol–water partition coefficient (Wildman–Crippen LogP) is 1.72. The molecule has 2 atom stereocenters. The quantitative estimate of drug-likeness (QED) is 0.917. The fourth-order valence-corrected chi connectivity index (χ4v) is 3.74. The van der Waals surface area contributed by atoms with Crippen LogP contribution < -0.4 is 5.32 Å². The first kappa shape index (κ1) is 14.5. The van der Waals surface area contributed by atoms with Crippen LogP contribution in [-0.2, 0) is 11.2 Å². The molecule has 0 saturated carbocycles. The van der Waals surface area contributed by atoms with E-state index in [0.29, 0.717) is 19.1 Å². The summed E-state index contributed by atoms with van der Waals surface area (Å²) in [6, 6.07) is 4.68. The Labute approximate surface area is 126 Å². The lowest BCUT2D eigenvalue weighted by Gasteiger charge is -2.39. The molecule has 1 N–H and O–H groups in total. The van der Waals surface area contributed by atoms with E-state index >= 15 is 0 Å². The number of methoxy groups -OCH3 is 1. The Morgan fingerprint density at radius 3 is 2.90 bits per heavy atom. The van der Waals surface area contributed by atoms with Gasteiger partial charge in [0.1, 0.15) is 0 Å².